The summed E-state index contributed by atoms with van der Waals surface area (Å²) in [7, 11) is 0. The number of nitrogens with two attached hydrogens (primary N) is 1. The van der Waals surface area contributed by atoms with E-state index in [9.17, 15) is 10.1 Å². The predicted octanol–water partition coefficient (Wildman–Crippen LogP) is 2.84. The van der Waals surface area contributed by atoms with Gasteiger partial charge in [-0.25, -0.2) is 0 Å². The van der Waals surface area contributed by atoms with Crippen molar-refractivity contribution in [3.8, 4) is 0 Å². The molecule has 4 nitrogen and oxygen atoms in total. The molecule has 2 N–H and O–H groups in total. The van der Waals surface area contributed by atoms with E-state index < -0.39 is 4.92 Å². The Hall–Kier alpha value is -2.20. The van der Waals surface area contributed by atoms with Crippen LogP contribution >= 0.6 is 0 Å². The van der Waals surface area contributed by atoms with Gasteiger partial charge in [-0.1, -0.05) is 42.5 Å². The lowest BCUT2D eigenvalue weighted by atomic mass is 10.00. The van der Waals surface area contributed by atoms with Crippen molar-refractivity contribution in [2.45, 2.75) is 12.5 Å². The Bertz CT molecular complexity index is 523. The molecule has 0 saturated carbocycles. The lowest BCUT2D eigenvalue weighted by Gasteiger charge is -2.11. The van der Waals surface area contributed by atoms with Crippen molar-refractivity contribution >= 4 is 5.69 Å². The highest BCUT2D eigenvalue weighted by Crippen LogP contribution is 2.18. The third-order valence-electron chi connectivity index (χ3n) is 2.83. The Morgan fingerprint density at radius 2 is 1.67 bits per heavy atom. The van der Waals surface area contributed by atoms with Crippen molar-refractivity contribution in [2.75, 3.05) is 0 Å². The average molecular weight is 242 g/mol. The lowest BCUT2D eigenvalue weighted by Crippen LogP contribution is -2.13. The monoisotopic (exact) mass is 242 g/mol. The van der Waals surface area contributed by atoms with E-state index in [2.05, 4.69) is 0 Å². The van der Waals surface area contributed by atoms with Crippen LogP contribution in [0.1, 0.15) is 17.2 Å². The maximum atomic E-state index is 10.5. The maximum Gasteiger partial charge on any atom is 0.269 e. The molecule has 0 aromatic heterocycles. The SMILES string of the molecule is NC(Cc1ccc([N+](=O)[O-])cc1)c1ccccc1. The van der Waals surface area contributed by atoms with E-state index in [0.29, 0.717) is 6.42 Å². The van der Waals surface area contributed by atoms with E-state index in [1.165, 1.54) is 12.1 Å². The number of non-ortho nitro benzene ring substituents is 1. The first-order chi connectivity index (χ1) is 8.66. The zero-order valence-electron chi connectivity index (χ0n) is 9.82. The normalized spacial score (nSPS) is 12.1. The molecule has 0 aliphatic rings. The second-order valence-corrected chi connectivity index (χ2v) is 4.14. The maximum absolute atomic E-state index is 10.5. The smallest absolute Gasteiger partial charge is 0.269 e. The van der Waals surface area contributed by atoms with E-state index >= 15 is 0 Å². The number of nitro groups is 1. The van der Waals surface area contributed by atoms with Gasteiger partial charge in [-0.2, -0.15) is 0 Å². The third kappa shape index (κ3) is 2.93. The highest BCUT2D eigenvalue weighted by atomic mass is 16.6. The van der Waals surface area contributed by atoms with Gasteiger partial charge in [0, 0.05) is 18.2 Å². The molecule has 0 spiro atoms. The Morgan fingerprint density at radius 1 is 1.06 bits per heavy atom. The van der Waals surface area contributed by atoms with Crippen molar-refractivity contribution in [1.82, 2.24) is 0 Å². The summed E-state index contributed by atoms with van der Waals surface area (Å²) >= 11 is 0. The van der Waals surface area contributed by atoms with Crippen molar-refractivity contribution in [3.05, 3.63) is 75.8 Å². The number of hydrogen-bond donors (Lipinski definition) is 1. The van der Waals surface area contributed by atoms with Crippen LogP contribution in [0.5, 0.6) is 0 Å². The molecule has 1 atom stereocenters. The molecule has 2 rings (SSSR count). The van der Waals surface area contributed by atoms with E-state index in [-0.39, 0.29) is 11.7 Å². The number of hydrogen-bond acceptors (Lipinski definition) is 3. The number of nitrogens with zero attached hydrogens (tertiary/aromatic N) is 1. The molecule has 0 heterocycles. The lowest BCUT2D eigenvalue weighted by molar-refractivity contribution is -0.384. The van der Waals surface area contributed by atoms with E-state index in [0.717, 1.165) is 11.1 Å². The van der Waals surface area contributed by atoms with Gasteiger partial charge in [-0.05, 0) is 17.5 Å². The van der Waals surface area contributed by atoms with Crippen molar-refractivity contribution in [1.29, 1.82) is 0 Å². The van der Waals surface area contributed by atoms with Gasteiger partial charge in [0.1, 0.15) is 0 Å². The molecule has 18 heavy (non-hydrogen) atoms. The Labute approximate surface area is 105 Å². The van der Waals surface area contributed by atoms with Crippen LogP contribution in [0.4, 0.5) is 5.69 Å². The van der Waals surface area contributed by atoms with Gasteiger partial charge in [-0.3, -0.25) is 10.1 Å². The summed E-state index contributed by atoms with van der Waals surface area (Å²) in [6.45, 7) is 0. The molecule has 0 saturated heterocycles. The molecule has 92 valence electrons. The van der Waals surface area contributed by atoms with Crippen LogP contribution in [-0.2, 0) is 6.42 Å². The van der Waals surface area contributed by atoms with Crippen LogP contribution in [-0.4, -0.2) is 4.92 Å². The third-order valence-corrected chi connectivity index (χ3v) is 2.83. The highest BCUT2D eigenvalue weighted by molar-refractivity contribution is 5.34. The van der Waals surface area contributed by atoms with Gasteiger partial charge in [0.15, 0.2) is 0 Å². The van der Waals surface area contributed by atoms with Crippen LogP contribution in [0.25, 0.3) is 0 Å². The first kappa shape index (κ1) is 12.3. The van der Waals surface area contributed by atoms with E-state index in [1.807, 2.05) is 30.3 Å². The first-order valence-corrected chi connectivity index (χ1v) is 5.70. The molecule has 0 aliphatic heterocycles. The topological polar surface area (TPSA) is 69.2 Å². The summed E-state index contributed by atoms with van der Waals surface area (Å²) in [5.74, 6) is 0. The van der Waals surface area contributed by atoms with Crippen LogP contribution in [0.3, 0.4) is 0 Å². The molecule has 0 fully saturated rings. The second kappa shape index (κ2) is 5.42. The molecular formula is C14H14N2O2. The van der Waals surface area contributed by atoms with Crippen molar-refractivity contribution < 1.29 is 4.92 Å². The van der Waals surface area contributed by atoms with Gasteiger partial charge in [0.25, 0.3) is 5.69 Å². The van der Waals surface area contributed by atoms with Crippen molar-refractivity contribution in [3.63, 3.8) is 0 Å². The second-order valence-electron chi connectivity index (χ2n) is 4.14. The van der Waals surface area contributed by atoms with Crippen LogP contribution in [0.15, 0.2) is 54.6 Å². The van der Waals surface area contributed by atoms with Gasteiger partial charge in [0.05, 0.1) is 4.92 Å². The van der Waals surface area contributed by atoms with Crippen LogP contribution in [0.2, 0.25) is 0 Å². The minimum Gasteiger partial charge on any atom is -0.324 e. The fourth-order valence-electron chi connectivity index (χ4n) is 1.83. The van der Waals surface area contributed by atoms with Crippen LogP contribution in [0, 0.1) is 10.1 Å². The summed E-state index contributed by atoms with van der Waals surface area (Å²) in [6.07, 6.45) is 0.669. The number of benzene rings is 2. The van der Waals surface area contributed by atoms with Gasteiger partial charge >= 0.3 is 0 Å². The summed E-state index contributed by atoms with van der Waals surface area (Å²) in [5.41, 5.74) is 8.26. The van der Waals surface area contributed by atoms with Crippen LogP contribution < -0.4 is 5.73 Å². The summed E-state index contributed by atoms with van der Waals surface area (Å²) in [5, 5.41) is 10.5. The highest BCUT2D eigenvalue weighted by Gasteiger charge is 2.08. The largest absolute Gasteiger partial charge is 0.324 e. The van der Waals surface area contributed by atoms with Gasteiger partial charge in [-0.15, -0.1) is 0 Å². The minimum absolute atomic E-state index is 0.0901. The first-order valence-electron chi connectivity index (χ1n) is 5.70. The molecule has 0 radical (unpaired) electrons. The Morgan fingerprint density at radius 3 is 2.22 bits per heavy atom. The summed E-state index contributed by atoms with van der Waals surface area (Å²) in [4.78, 5) is 10.1. The fourth-order valence-corrected chi connectivity index (χ4v) is 1.83. The zero-order chi connectivity index (χ0) is 13.0. The quantitative estimate of drug-likeness (QED) is 0.662. The minimum atomic E-state index is -0.402. The molecular weight excluding hydrogens is 228 g/mol. The summed E-state index contributed by atoms with van der Waals surface area (Å²) < 4.78 is 0. The molecule has 2 aromatic rings. The Balaban J connectivity index is 2.08. The summed E-state index contributed by atoms with van der Waals surface area (Å²) in [6, 6.07) is 16.2. The fraction of sp³-hybridized carbons (Fsp3) is 0.143. The molecule has 2 aromatic carbocycles. The van der Waals surface area contributed by atoms with Gasteiger partial charge < -0.3 is 5.73 Å². The Kier molecular flexibility index (Phi) is 3.69. The number of rotatable bonds is 4. The zero-order valence-corrected chi connectivity index (χ0v) is 9.82. The molecule has 0 aliphatic carbocycles. The molecule has 0 bridgehead atoms. The van der Waals surface area contributed by atoms with E-state index in [1.54, 1.807) is 12.1 Å². The molecule has 0 amide bonds. The average Bonchev–Trinajstić information content (AvgIpc) is 2.40. The molecule has 4 heteroatoms. The predicted molar refractivity (Wildman–Crippen MR) is 70.2 cm³/mol. The standard InChI is InChI=1S/C14H14N2O2/c15-14(12-4-2-1-3-5-12)10-11-6-8-13(9-7-11)16(17)18/h1-9,14H,10,15H2. The van der Waals surface area contributed by atoms with Crippen molar-refractivity contribution in [2.24, 2.45) is 5.73 Å². The van der Waals surface area contributed by atoms with E-state index in [4.69, 9.17) is 5.73 Å². The number of nitro benzene ring substituents is 1. The van der Waals surface area contributed by atoms with Gasteiger partial charge in [0.2, 0.25) is 0 Å². The molecule has 1 unspecified atom stereocenters.